The molecular formula is C10H14N2OS. The number of hydrogen-bond acceptors (Lipinski definition) is 3. The first-order chi connectivity index (χ1) is 6.72. The molecule has 0 atom stereocenters. The number of hydrogen-bond donors (Lipinski definition) is 0. The van der Waals surface area contributed by atoms with Crippen molar-refractivity contribution in [3.8, 4) is 0 Å². The van der Waals surface area contributed by atoms with Crippen molar-refractivity contribution in [3.63, 3.8) is 0 Å². The van der Waals surface area contributed by atoms with Gasteiger partial charge in [0.2, 0.25) is 0 Å². The summed E-state index contributed by atoms with van der Waals surface area (Å²) in [6, 6.07) is 0. The average Bonchev–Trinajstić information content (AvgIpc) is 2.60. The predicted octanol–water partition coefficient (Wildman–Crippen LogP) is 2.20. The first-order valence-corrected chi connectivity index (χ1v) is 5.53. The molecule has 0 radical (unpaired) electrons. The van der Waals surface area contributed by atoms with Gasteiger partial charge in [0.15, 0.2) is 5.12 Å². The van der Waals surface area contributed by atoms with Gasteiger partial charge in [-0.15, -0.1) is 0 Å². The summed E-state index contributed by atoms with van der Waals surface area (Å²) in [5.74, 6) is 0.729. The van der Waals surface area contributed by atoms with Crippen LogP contribution in [0.25, 0.3) is 6.08 Å². The van der Waals surface area contributed by atoms with Crippen molar-refractivity contribution in [1.82, 2.24) is 9.78 Å². The summed E-state index contributed by atoms with van der Waals surface area (Å²) in [4.78, 5) is 10.6. The van der Waals surface area contributed by atoms with Crippen LogP contribution in [0.4, 0.5) is 0 Å². The Morgan fingerprint density at radius 1 is 1.71 bits per heavy atom. The van der Waals surface area contributed by atoms with Crippen LogP contribution in [0.1, 0.15) is 19.4 Å². The van der Waals surface area contributed by atoms with Gasteiger partial charge in [-0.25, -0.2) is 0 Å². The Bertz CT molecular complexity index is 331. The first-order valence-electron chi connectivity index (χ1n) is 4.54. The number of rotatable bonds is 4. The molecule has 0 amide bonds. The summed E-state index contributed by atoms with van der Waals surface area (Å²) >= 11 is 1.31. The second kappa shape index (κ2) is 5.65. The fourth-order valence-corrected chi connectivity index (χ4v) is 1.42. The Balaban J connectivity index is 2.39. The molecule has 14 heavy (non-hydrogen) atoms. The van der Waals surface area contributed by atoms with Crippen molar-refractivity contribution in [2.75, 3.05) is 5.75 Å². The molecule has 1 aromatic rings. The molecule has 1 aromatic heterocycles. The van der Waals surface area contributed by atoms with E-state index in [1.807, 2.05) is 36.2 Å². The van der Waals surface area contributed by atoms with Gasteiger partial charge < -0.3 is 0 Å². The van der Waals surface area contributed by atoms with Crippen LogP contribution in [-0.2, 0) is 11.3 Å². The highest BCUT2D eigenvalue weighted by Gasteiger charge is 1.92. The molecule has 0 aliphatic rings. The number of carbonyl (C=O) groups excluding carboxylic acids is 1. The van der Waals surface area contributed by atoms with E-state index in [0.29, 0.717) is 0 Å². The lowest BCUT2D eigenvalue weighted by atomic mass is 10.3. The molecule has 0 saturated heterocycles. The van der Waals surface area contributed by atoms with Crippen molar-refractivity contribution in [2.24, 2.45) is 0 Å². The zero-order valence-corrected chi connectivity index (χ0v) is 9.25. The summed E-state index contributed by atoms with van der Waals surface area (Å²) in [6.07, 6.45) is 7.76. The first kappa shape index (κ1) is 11.0. The summed E-state index contributed by atoms with van der Waals surface area (Å²) in [7, 11) is 0. The molecule has 0 unspecified atom stereocenters. The van der Waals surface area contributed by atoms with Crippen molar-refractivity contribution in [1.29, 1.82) is 0 Å². The third-order valence-electron chi connectivity index (χ3n) is 1.67. The van der Waals surface area contributed by atoms with Gasteiger partial charge in [0.1, 0.15) is 0 Å². The van der Waals surface area contributed by atoms with Crippen LogP contribution in [0.2, 0.25) is 0 Å². The molecule has 3 nitrogen and oxygen atoms in total. The van der Waals surface area contributed by atoms with Crippen molar-refractivity contribution in [2.45, 2.75) is 20.4 Å². The molecule has 76 valence electrons. The van der Waals surface area contributed by atoms with Crippen LogP contribution in [0, 0.1) is 0 Å². The van der Waals surface area contributed by atoms with Crippen LogP contribution in [-0.4, -0.2) is 20.6 Å². The molecule has 0 aliphatic carbocycles. The predicted molar refractivity (Wildman–Crippen MR) is 60.1 cm³/mol. The van der Waals surface area contributed by atoms with Gasteiger partial charge in [0.25, 0.3) is 0 Å². The third-order valence-corrected chi connectivity index (χ3v) is 2.44. The zero-order valence-electron chi connectivity index (χ0n) is 8.43. The maximum Gasteiger partial charge on any atom is 0.186 e. The largest absolute Gasteiger partial charge is 0.288 e. The molecule has 0 aliphatic heterocycles. The Morgan fingerprint density at radius 2 is 2.50 bits per heavy atom. The molecular weight excluding hydrogens is 196 g/mol. The van der Waals surface area contributed by atoms with E-state index in [-0.39, 0.29) is 5.12 Å². The Hall–Kier alpha value is -1.03. The maximum absolute atomic E-state index is 10.6. The van der Waals surface area contributed by atoms with Gasteiger partial charge in [-0.1, -0.05) is 23.9 Å². The van der Waals surface area contributed by atoms with E-state index in [1.165, 1.54) is 11.8 Å². The van der Waals surface area contributed by atoms with E-state index in [9.17, 15) is 4.79 Å². The minimum atomic E-state index is 0.152. The van der Waals surface area contributed by atoms with Gasteiger partial charge in [0.05, 0.1) is 6.20 Å². The Morgan fingerprint density at radius 3 is 3.07 bits per heavy atom. The lowest BCUT2D eigenvalue weighted by Gasteiger charge is -1.89. The second-order valence-electron chi connectivity index (χ2n) is 2.83. The van der Waals surface area contributed by atoms with E-state index in [1.54, 1.807) is 6.92 Å². The number of nitrogens with zero attached hydrogens (tertiary/aromatic N) is 2. The molecule has 0 saturated carbocycles. The molecule has 1 heterocycles. The SMILES string of the molecule is CCn1cc(C=CCSC(C)=O)cn1. The van der Waals surface area contributed by atoms with Gasteiger partial charge >= 0.3 is 0 Å². The van der Waals surface area contributed by atoms with E-state index in [4.69, 9.17) is 0 Å². The van der Waals surface area contributed by atoms with Gasteiger partial charge in [-0.05, 0) is 6.92 Å². The fraction of sp³-hybridized carbons (Fsp3) is 0.400. The summed E-state index contributed by atoms with van der Waals surface area (Å²) in [6.45, 7) is 4.51. The molecule has 0 fully saturated rings. The standard InChI is InChI=1S/C10H14N2OS/c1-3-12-8-10(7-11-12)5-4-6-14-9(2)13/h4-5,7-8H,3,6H2,1-2H3. The number of thioether (sulfide) groups is 1. The van der Waals surface area contributed by atoms with E-state index in [0.717, 1.165) is 17.9 Å². The summed E-state index contributed by atoms with van der Waals surface area (Å²) in [5, 5.41) is 4.29. The minimum Gasteiger partial charge on any atom is -0.288 e. The third kappa shape index (κ3) is 3.79. The Kier molecular flexibility index (Phi) is 4.46. The number of aromatic nitrogens is 2. The minimum absolute atomic E-state index is 0.152. The molecule has 0 bridgehead atoms. The normalized spacial score (nSPS) is 11.0. The Labute approximate surface area is 88.2 Å². The smallest absolute Gasteiger partial charge is 0.186 e. The highest BCUT2D eigenvalue weighted by molar-refractivity contribution is 8.13. The number of carbonyl (C=O) groups is 1. The molecule has 0 N–H and O–H groups in total. The van der Waals surface area contributed by atoms with Crippen LogP contribution < -0.4 is 0 Å². The van der Waals surface area contributed by atoms with Crippen molar-refractivity contribution >= 4 is 23.0 Å². The summed E-state index contributed by atoms with van der Waals surface area (Å²) in [5.41, 5.74) is 1.08. The lowest BCUT2D eigenvalue weighted by molar-refractivity contribution is -0.109. The maximum atomic E-state index is 10.6. The monoisotopic (exact) mass is 210 g/mol. The molecule has 1 rings (SSSR count). The molecule has 4 heteroatoms. The van der Waals surface area contributed by atoms with Gasteiger partial charge in [-0.3, -0.25) is 9.48 Å². The van der Waals surface area contributed by atoms with Gasteiger partial charge in [-0.2, -0.15) is 5.10 Å². The quantitative estimate of drug-likeness (QED) is 0.764. The van der Waals surface area contributed by atoms with Crippen LogP contribution >= 0.6 is 11.8 Å². The highest BCUT2D eigenvalue weighted by Crippen LogP contribution is 2.05. The van der Waals surface area contributed by atoms with Crippen molar-refractivity contribution in [3.05, 3.63) is 24.0 Å². The van der Waals surface area contributed by atoms with Crippen molar-refractivity contribution < 1.29 is 4.79 Å². The topological polar surface area (TPSA) is 34.9 Å². The fourth-order valence-electron chi connectivity index (χ4n) is 0.988. The molecule has 0 spiro atoms. The van der Waals surface area contributed by atoms with Gasteiger partial charge in [0, 0.05) is 31.0 Å². The summed E-state index contributed by atoms with van der Waals surface area (Å²) < 4.78 is 1.87. The molecule has 0 aromatic carbocycles. The van der Waals surface area contributed by atoms with E-state index in [2.05, 4.69) is 5.10 Å². The van der Waals surface area contributed by atoms with Crippen LogP contribution in [0.15, 0.2) is 18.5 Å². The zero-order chi connectivity index (χ0) is 10.4. The second-order valence-corrected chi connectivity index (χ2v) is 4.03. The van der Waals surface area contributed by atoms with E-state index >= 15 is 0 Å². The van der Waals surface area contributed by atoms with E-state index < -0.39 is 0 Å². The number of aryl methyl sites for hydroxylation is 1. The van der Waals surface area contributed by atoms with Crippen LogP contribution in [0.5, 0.6) is 0 Å². The average molecular weight is 210 g/mol. The van der Waals surface area contributed by atoms with Crippen LogP contribution in [0.3, 0.4) is 0 Å². The highest BCUT2D eigenvalue weighted by atomic mass is 32.2. The lowest BCUT2D eigenvalue weighted by Crippen LogP contribution is -1.91.